The van der Waals surface area contributed by atoms with Crippen molar-refractivity contribution in [2.24, 2.45) is 5.73 Å². The predicted molar refractivity (Wildman–Crippen MR) is 67.0 cm³/mol. The van der Waals surface area contributed by atoms with Gasteiger partial charge in [-0.15, -0.1) is 11.3 Å². The van der Waals surface area contributed by atoms with Crippen LogP contribution in [-0.2, 0) is 4.74 Å². The van der Waals surface area contributed by atoms with Gasteiger partial charge in [-0.2, -0.15) is 0 Å². The molecule has 1 aromatic heterocycles. The number of hydrogen-bond acceptors (Lipinski definition) is 3. The molecule has 2 heterocycles. The first-order valence-corrected chi connectivity index (χ1v) is 6.61. The Morgan fingerprint density at radius 2 is 2.40 bits per heavy atom. The lowest BCUT2D eigenvalue weighted by atomic mass is 10.0. The molecule has 1 aliphatic heterocycles. The van der Waals surface area contributed by atoms with Crippen LogP contribution in [0, 0.1) is 6.92 Å². The van der Waals surface area contributed by atoms with E-state index in [1.54, 1.807) is 11.3 Å². The third-order valence-electron chi connectivity index (χ3n) is 2.54. The second-order valence-electron chi connectivity index (χ2n) is 3.75. The average molecular weight is 288 g/mol. The van der Waals surface area contributed by atoms with Crippen molar-refractivity contribution < 1.29 is 4.74 Å². The molecular weight excluding hydrogens is 274 g/mol. The van der Waals surface area contributed by atoms with Crippen molar-refractivity contribution in [3.05, 3.63) is 32.1 Å². The van der Waals surface area contributed by atoms with Gasteiger partial charge in [0, 0.05) is 4.88 Å². The molecule has 0 radical (unpaired) electrons. The Bertz CT molecular complexity index is 366. The van der Waals surface area contributed by atoms with E-state index in [0.717, 1.165) is 19.4 Å². The van der Waals surface area contributed by atoms with E-state index >= 15 is 0 Å². The first-order valence-electron chi connectivity index (χ1n) is 5.00. The van der Waals surface area contributed by atoms with E-state index in [0.29, 0.717) is 0 Å². The van der Waals surface area contributed by atoms with Gasteiger partial charge in [0.1, 0.15) is 0 Å². The molecule has 0 bridgehead atoms. The molecular formula is C11H14BrNOS. The minimum atomic E-state index is 0.000278. The Hall–Kier alpha value is -0.320. The van der Waals surface area contributed by atoms with Crippen LogP contribution in [-0.4, -0.2) is 6.61 Å². The van der Waals surface area contributed by atoms with Crippen LogP contribution in [0.1, 0.15) is 29.3 Å². The molecule has 0 aliphatic carbocycles. The summed E-state index contributed by atoms with van der Waals surface area (Å²) in [4.78, 5) is 1.20. The summed E-state index contributed by atoms with van der Waals surface area (Å²) in [6.07, 6.45) is 3.96. The van der Waals surface area contributed by atoms with Crippen molar-refractivity contribution >= 4 is 27.3 Å². The monoisotopic (exact) mass is 287 g/mol. The van der Waals surface area contributed by atoms with Crippen molar-refractivity contribution in [1.29, 1.82) is 0 Å². The summed E-state index contributed by atoms with van der Waals surface area (Å²) in [5, 5.41) is 0. The highest BCUT2D eigenvalue weighted by atomic mass is 79.9. The topological polar surface area (TPSA) is 35.2 Å². The second-order valence-corrected chi connectivity index (χ2v) is 6.15. The molecule has 1 aliphatic rings. The summed E-state index contributed by atoms with van der Waals surface area (Å²) in [7, 11) is 0. The van der Waals surface area contributed by atoms with Gasteiger partial charge in [-0.05, 0) is 52.9 Å². The molecule has 0 spiro atoms. The predicted octanol–water partition coefficient (Wildman–Crippen LogP) is 3.51. The Balaban J connectivity index is 2.19. The van der Waals surface area contributed by atoms with Gasteiger partial charge in [0.15, 0.2) is 0 Å². The highest BCUT2D eigenvalue weighted by molar-refractivity contribution is 9.11. The molecule has 0 saturated heterocycles. The van der Waals surface area contributed by atoms with Gasteiger partial charge in [0.05, 0.1) is 22.7 Å². The van der Waals surface area contributed by atoms with Crippen molar-refractivity contribution in [3.63, 3.8) is 0 Å². The number of hydrogen-bond donors (Lipinski definition) is 1. The van der Waals surface area contributed by atoms with Crippen LogP contribution in [0.25, 0.3) is 0 Å². The van der Waals surface area contributed by atoms with Crippen molar-refractivity contribution in [3.8, 4) is 0 Å². The maximum atomic E-state index is 6.19. The molecule has 0 saturated carbocycles. The summed E-state index contributed by atoms with van der Waals surface area (Å²) in [5.74, 6) is 0. The summed E-state index contributed by atoms with van der Waals surface area (Å²) in [6, 6.07) is 2.15. The standard InChI is InChI=1S/C11H14BrNOS/c1-7-5-9(15-11(7)12)10(13)8-3-2-4-14-6-8/h5-6,10H,2-4,13H2,1H3. The summed E-state index contributed by atoms with van der Waals surface area (Å²) in [5.41, 5.74) is 8.65. The molecule has 1 unspecified atom stereocenters. The molecule has 0 fully saturated rings. The third kappa shape index (κ3) is 2.44. The van der Waals surface area contributed by atoms with E-state index in [-0.39, 0.29) is 6.04 Å². The molecule has 2 N–H and O–H groups in total. The van der Waals surface area contributed by atoms with Crippen molar-refractivity contribution in [2.75, 3.05) is 6.61 Å². The lowest BCUT2D eigenvalue weighted by Gasteiger charge is -2.18. The fraction of sp³-hybridized carbons (Fsp3) is 0.455. The lowest BCUT2D eigenvalue weighted by Crippen LogP contribution is -2.15. The lowest BCUT2D eigenvalue weighted by molar-refractivity contribution is 0.221. The van der Waals surface area contributed by atoms with Gasteiger partial charge in [-0.3, -0.25) is 0 Å². The molecule has 4 heteroatoms. The van der Waals surface area contributed by atoms with Crippen molar-refractivity contribution in [2.45, 2.75) is 25.8 Å². The Labute approximate surface area is 102 Å². The van der Waals surface area contributed by atoms with E-state index in [1.807, 2.05) is 6.26 Å². The molecule has 15 heavy (non-hydrogen) atoms. The Morgan fingerprint density at radius 3 is 2.93 bits per heavy atom. The van der Waals surface area contributed by atoms with Crippen LogP contribution in [0.5, 0.6) is 0 Å². The maximum absolute atomic E-state index is 6.19. The van der Waals surface area contributed by atoms with Crippen LogP contribution in [0.3, 0.4) is 0 Å². The largest absolute Gasteiger partial charge is 0.501 e. The zero-order valence-electron chi connectivity index (χ0n) is 8.63. The quantitative estimate of drug-likeness (QED) is 0.903. The van der Waals surface area contributed by atoms with Gasteiger partial charge in [-0.25, -0.2) is 0 Å². The zero-order chi connectivity index (χ0) is 10.8. The number of thiophene rings is 1. The molecule has 1 aromatic rings. The number of halogens is 1. The van der Waals surface area contributed by atoms with Gasteiger partial charge in [0.25, 0.3) is 0 Å². The minimum absolute atomic E-state index is 0.000278. The highest BCUT2D eigenvalue weighted by Gasteiger charge is 2.17. The molecule has 2 nitrogen and oxygen atoms in total. The van der Waals surface area contributed by atoms with Crippen LogP contribution < -0.4 is 5.73 Å². The fourth-order valence-electron chi connectivity index (χ4n) is 1.63. The number of ether oxygens (including phenoxy) is 1. The molecule has 0 amide bonds. The third-order valence-corrected chi connectivity index (χ3v) is 4.76. The molecule has 2 rings (SSSR count). The van der Waals surface area contributed by atoms with Crippen molar-refractivity contribution in [1.82, 2.24) is 0 Å². The molecule has 0 aromatic carbocycles. The second kappa shape index (κ2) is 4.68. The minimum Gasteiger partial charge on any atom is -0.501 e. The average Bonchev–Trinajstić information content (AvgIpc) is 2.59. The van der Waals surface area contributed by atoms with Crippen LogP contribution in [0.2, 0.25) is 0 Å². The van der Waals surface area contributed by atoms with Gasteiger partial charge in [-0.1, -0.05) is 0 Å². The normalized spacial score (nSPS) is 18.2. The zero-order valence-corrected chi connectivity index (χ0v) is 11.0. The van der Waals surface area contributed by atoms with Gasteiger partial charge in [0.2, 0.25) is 0 Å². The highest BCUT2D eigenvalue weighted by Crippen LogP contribution is 2.34. The SMILES string of the molecule is Cc1cc(C(N)C2=COCCC2)sc1Br. The summed E-state index contributed by atoms with van der Waals surface area (Å²) in [6.45, 7) is 2.91. The maximum Gasteiger partial charge on any atom is 0.0876 e. The fourth-order valence-corrected chi connectivity index (χ4v) is 3.25. The molecule has 1 atom stereocenters. The first kappa shape index (κ1) is 11.2. The summed E-state index contributed by atoms with van der Waals surface area (Å²) < 4.78 is 6.48. The first-order chi connectivity index (χ1) is 7.18. The van der Waals surface area contributed by atoms with E-state index in [4.69, 9.17) is 10.5 Å². The molecule has 82 valence electrons. The van der Waals surface area contributed by atoms with E-state index < -0.39 is 0 Å². The number of nitrogens with two attached hydrogens (primary N) is 1. The van der Waals surface area contributed by atoms with Gasteiger partial charge >= 0.3 is 0 Å². The number of aryl methyl sites for hydroxylation is 1. The van der Waals surface area contributed by atoms with Crippen LogP contribution >= 0.6 is 27.3 Å². The van der Waals surface area contributed by atoms with E-state index in [9.17, 15) is 0 Å². The van der Waals surface area contributed by atoms with Gasteiger partial charge < -0.3 is 10.5 Å². The Kier molecular flexibility index (Phi) is 3.49. The van der Waals surface area contributed by atoms with E-state index in [1.165, 1.54) is 19.8 Å². The van der Waals surface area contributed by atoms with E-state index in [2.05, 4.69) is 28.9 Å². The Morgan fingerprint density at radius 1 is 1.60 bits per heavy atom. The van der Waals surface area contributed by atoms with Crippen LogP contribution in [0.15, 0.2) is 21.7 Å². The van der Waals surface area contributed by atoms with Crippen LogP contribution in [0.4, 0.5) is 0 Å². The number of rotatable bonds is 2. The summed E-state index contributed by atoms with van der Waals surface area (Å²) >= 11 is 5.23. The smallest absolute Gasteiger partial charge is 0.0876 e.